The molecule has 3 rings (SSSR count). The first-order valence-corrected chi connectivity index (χ1v) is 10.3. The van der Waals surface area contributed by atoms with Gasteiger partial charge >= 0.3 is 0 Å². The SMILES string of the molecule is CCC(C)NC(=O)C1CC(c2ccc(F)c(C)c2)CN(C(=O)c2ccccc2)C1. The number of hydrogen-bond acceptors (Lipinski definition) is 2. The molecule has 0 aromatic heterocycles. The highest BCUT2D eigenvalue weighted by Gasteiger charge is 2.35. The van der Waals surface area contributed by atoms with E-state index in [4.69, 9.17) is 0 Å². The molecule has 1 N–H and O–H groups in total. The van der Waals surface area contributed by atoms with Crippen LogP contribution in [0.15, 0.2) is 48.5 Å². The van der Waals surface area contributed by atoms with E-state index in [1.165, 1.54) is 6.07 Å². The van der Waals surface area contributed by atoms with Crippen molar-refractivity contribution in [3.05, 3.63) is 71.0 Å². The van der Waals surface area contributed by atoms with Gasteiger partial charge in [0.15, 0.2) is 0 Å². The first-order valence-electron chi connectivity index (χ1n) is 10.3. The maximum absolute atomic E-state index is 13.8. The Labute approximate surface area is 172 Å². The molecule has 4 nitrogen and oxygen atoms in total. The summed E-state index contributed by atoms with van der Waals surface area (Å²) in [6.07, 6.45) is 1.50. The van der Waals surface area contributed by atoms with Crippen LogP contribution in [0.5, 0.6) is 0 Å². The Bertz CT molecular complexity index is 868. The normalized spacial score (nSPS) is 20.2. The van der Waals surface area contributed by atoms with Gasteiger partial charge in [-0.15, -0.1) is 0 Å². The Hall–Kier alpha value is -2.69. The Balaban J connectivity index is 1.87. The summed E-state index contributed by atoms with van der Waals surface area (Å²) in [5.74, 6) is -0.638. The van der Waals surface area contributed by atoms with E-state index >= 15 is 0 Å². The molecule has 29 heavy (non-hydrogen) atoms. The summed E-state index contributed by atoms with van der Waals surface area (Å²) in [6, 6.07) is 14.3. The fraction of sp³-hybridized carbons (Fsp3) is 0.417. The van der Waals surface area contributed by atoms with Crippen LogP contribution in [0, 0.1) is 18.7 Å². The smallest absolute Gasteiger partial charge is 0.253 e. The van der Waals surface area contributed by atoms with Crippen LogP contribution < -0.4 is 5.32 Å². The van der Waals surface area contributed by atoms with Crippen molar-refractivity contribution in [1.82, 2.24) is 10.2 Å². The van der Waals surface area contributed by atoms with Crippen LogP contribution in [0.25, 0.3) is 0 Å². The highest BCUT2D eigenvalue weighted by molar-refractivity contribution is 5.94. The summed E-state index contributed by atoms with van der Waals surface area (Å²) >= 11 is 0. The lowest BCUT2D eigenvalue weighted by Crippen LogP contribution is -2.49. The molecule has 1 aliphatic heterocycles. The molecule has 1 heterocycles. The maximum atomic E-state index is 13.8. The molecule has 0 aliphatic carbocycles. The summed E-state index contributed by atoms with van der Waals surface area (Å²) in [4.78, 5) is 27.7. The number of carbonyl (C=O) groups excluding carboxylic acids is 2. The summed E-state index contributed by atoms with van der Waals surface area (Å²) < 4.78 is 13.8. The van der Waals surface area contributed by atoms with Gasteiger partial charge in [-0.05, 0) is 56.0 Å². The van der Waals surface area contributed by atoms with Crippen molar-refractivity contribution in [2.45, 2.75) is 45.6 Å². The highest BCUT2D eigenvalue weighted by atomic mass is 19.1. The molecule has 154 valence electrons. The third-order valence-electron chi connectivity index (χ3n) is 5.78. The monoisotopic (exact) mass is 396 g/mol. The lowest BCUT2D eigenvalue weighted by molar-refractivity contribution is -0.127. The van der Waals surface area contributed by atoms with Gasteiger partial charge < -0.3 is 10.2 Å². The minimum Gasteiger partial charge on any atom is -0.353 e. The summed E-state index contributed by atoms with van der Waals surface area (Å²) in [5.41, 5.74) is 2.16. The quantitative estimate of drug-likeness (QED) is 0.819. The molecule has 3 unspecified atom stereocenters. The summed E-state index contributed by atoms with van der Waals surface area (Å²) in [5, 5.41) is 3.05. The van der Waals surface area contributed by atoms with Crippen molar-refractivity contribution < 1.29 is 14.0 Å². The van der Waals surface area contributed by atoms with Crippen LogP contribution in [0.4, 0.5) is 4.39 Å². The van der Waals surface area contributed by atoms with Crippen molar-refractivity contribution in [3.63, 3.8) is 0 Å². The van der Waals surface area contributed by atoms with Crippen molar-refractivity contribution in [3.8, 4) is 0 Å². The number of likely N-dealkylation sites (tertiary alicyclic amines) is 1. The van der Waals surface area contributed by atoms with Crippen molar-refractivity contribution in [2.24, 2.45) is 5.92 Å². The molecule has 1 fully saturated rings. The third-order valence-corrected chi connectivity index (χ3v) is 5.78. The highest BCUT2D eigenvalue weighted by Crippen LogP contribution is 2.32. The van der Waals surface area contributed by atoms with Gasteiger partial charge in [-0.25, -0.2) is 4.39 Å². The topological polar surface area (TPSA) is 49.4 Å². The molecule has 2 amide bonds. The lowest BCUT2D eigenvalue weighted by atomic mass is 9.83. The average molecular weight is 397 g/mol. The summed E-state index contributed by atoms with van der Waals surface area (Å²) in [6.45, 7) is 6.66. The molecule has 1 saturated heterocycles. The number of aryl methyl sites for hydroxylation is 1. The van der Waals surface area contributed by atoms with Crippen LogP contribution in [-0.2, 0) is 4.79 Å². The molecule has 2 aromatic carbocycles. The molecule has 2 aromatic rings. The number of piperidine rings is 1. The first kappa shape index (κ1) is 21.0. The number of nitrogens with zero attached hydrogens (tertiary/aromatic N) is 1. The lowest BCUT2D eigenvalue weighted by Gasteiger charge is -2.38. The zero-order chi connectivity index (χ0) is 21.0. The minimum atomic E-state index is -0.291. The maximum Gasteiger partial charge on any atom is 0.253 e. The van der Waals surface area contributed by atoms with Crippen LogP contribution in [-0.4, -0.2) is 35.8 Å². The largest absolute Gasteiger partial charge is 0.353 e. The molecular formula is C24H29FN2O2. The van der Waals surface area contributed by atoms with Crippen LogP contribution in [0.2, 0.25) is 0 Å². The van der Waals surface area contributed by atoms with Crippen molar-refractivity contribution >= 4 is 11.8 Å². The Morgan fingerprint density at radius 3 is 2.55 bits per heavy atom. The van der Waals surface area contributed by atoms with Gasteiger partial charge in [0.05, 0.1) is 5.92 Å². The van der Waals surface area contributed by atoms with Crippen LogP contribution in [0.1, 0.15) is 54.1 Å². The van der Waals surface area contributed by atoms with Gasteiger partial charge in [0, 0.05) is 30.6 Å². The van der Waals surface area contributed by atoms with E-state index in [1.807, 2.05) is 38.1 Å². The molecule has 0 saturated carbocycles. The number of halogens is 1. The Morgan fingerprint density at radius 1 is 1.17 bits per heavy atom. The second-order valence-corrected chi connectivity index (χ2v) is 8.03. The van der Waals surface area contributed by atoms with E-state index in [9.17, 15) is 14.0 Å². The molecule has 5 heteroatoms. The Morgan fingerprint density at radius 2 is 1.90 bits per heavy atom. The first-order chi connectivity index (χ1) is 13.9. The van der Waals surface area contributed by atoms with E-state index in [2.05, 4.69) is 5.32 Å². The predicted octanol–water partition coefficient (Wildman–Crippen LogP) is 4.29. The van der Waals surface area contributed by atoms with Crippen molar-refractivity contribution in [1.29, 1.82) is 0 Å². The average Bonchev–Trinajstić information content (AvgIpc) is 2.75. The van der Waals surface area contributed by atoms with Crippen LogP contribution >= 0.6 is 0 Å². The van der Waals surface area contributed by atoms with E-state index in [-0.39, 0.29) is 35.5 Å². The predicted molar refractivity (Wildman–Crippen MR) is 112 cm³/mol. The fourth-order valence-corrected chi connectivity index (χ4v) is 3.84. The summed E-state index contributed by atoms with van der Waals surface area (Å²) in [7, 11) is 0. The molecule has 1 aliphatic rings. The number of nitrogens with one attached hydrogen (secondary N) is 1. The molecular weight excluding hydrogens is 367 g/mol. The van der Waals surface area contributed by atoms with Crippen LogP contribution in [0.3, 0.4) is 0 Å². The number of rotatable bonds is 5. The van der Waals surface area contributed by atoms with Gasteiger partial charge in [0.2, 0.25) is 5.91 Å². The molecule has 0 spiro atoms. The zero-order valence-corrected chi connectivity index (χ0v) is 17.3. The fourth-order valence-electron chi connectivity index (χ4n) is 3.84. The number of benzene rings is 2. The molecule has 3 atom stereocenters. The van der Waals surface area contributed by atoms with Gasteiger partial charge in [-0.2, -0.15) is 0 Å². The van der Waals surface area contributed by atoms with Crippen molar-refractivity contribution in [2.75, 3.05) is 13.1 Å². The van der Waals surface area contributed by atoms with Gasteiger partial charge in [-0.1, -0.05) is 37.3 Å². The zero-order valence-electron chi connectivity index (χ0n) is 17.3. The second-order valence-electron chi connectivity index (χ2n) is 8.03. The second kappa shape index (κ2) is 9.21. The van der Waals surface area contributed by atoms with E-state index in [0.29, 0.717) is 30.6 Å². The minimum absolute atomic E-state index is 0.0107. The molecule has 0 radical (unpaired) electrons. The number of hydrogen-bond donors (Lipinski definition) is 1. The number of amides is 2. The Kier molecular flexibility index (Phi) is 6.68. The van der Waals surface area contributed by atoms with E-state index < -0.39 is 0 Å². The van der Waals surface area contributed by atoms with Gasteiger partial charge in [0.1, 0.15) is 5.82 Å². The third kappa shape index (κ3) is 5.03. The van der Waals surface area contributed by atoms with Gasteiger partial charge in [-0.3, -0.25) is 9.59 Å². The number of carbonyl (C=O) groups is 2. The standard InChI is InChI=1S/C24H29FN2O2/c1-4-17(3)26-23(28)21-13-20(19-10-11-22(25)16(2)12-19)14-27(15-21)24(29)18-8-6-5-7-9-18/h5-12,17,20-21H,4,13-15H2,1-3H3,(H,26,28). The molecule has 0 bridgehead atoms. The van der Waals surface area contributed by atoms with Gasteiger partial charge in [0.25, 0.3) is 5.91 Å². The van der Waals surface area contributed by atoms with E-state index in [0.717, 1.165) is 12.0 Å². The van der Waals surface area contributed by atoms with E-state index in [1.54, 1.807) is 30.0 Å².